The van der Waals surface area contributed by atoms with Crippen LogP contribution in [0.1, 0.15) is 5.56 Å². The third-order valence-corrected chi connectivity index (χ3v) is 2.59. The van der Waals surface area contributed by atoms with E-state index in [0.717, 1.165) is 16.8 Å². The van der Waals surface area contributed by atoms with Crippen LogP contribution in [-0.2, 0) is 9.53 Å². The van der Waals surface area contributed by atoms with Gasteiger partial charge in [0.25, 0.3) is 0 Å². The monoisotopic (exact) mass is 259 g/mol. The fourth-order valence-electron chi connectivity index (χ4n) is 1.86. The van der Waals surface area contributed by atoms with Crippen molar-refractivity contribution < 1.29 is 9.53 Å². The molecular formula is C11H11Cl2NO2. The summed E-state index contributed by atoms with van der Waals surface area (Å²) in [6.07, 6.45) is 1.91. The summed E-state index contributed by atoms with van der Waals surface area (Å²) in [7, 11) is 0. The number of anilines is 1. The average molecular weight is 260 g/mol. The van der Waals surface area contributed by atoms with E-state index in [4.69, 9.17) is 4.74 Å². The largest absolute Gasteiger partial charge is 0.460 e. The van der Waals surface area contributed by atoms with Crippen LogP contribution in [0.4, 0.5) is 5.69 Å². The molecule has 2 aliphatic heterocycles. The van der Waals surface area contributed by atoms with Crippen LogP contribution in [0.3, 0.4) is 0 Å². The summed E-state index contributed by atoms with van der Waals surface area (Å²) in [4.78, 5) is 11.3. The van der Waals surface area contributed by atoms with E-state index in [1.54, 1.807) is 0 Å². The minimum Gasteiger partial charge on any atom is -0.460 e. The molecule has 1 fully saturated rings. The zero-order valence-corrected chi connectivity index (χ0v) is 9.94. The molecule has 0 aliphatic carbocycles. The number of fused-ring (bicyclic) bond motifs is 2. The van der Waals surface area contributed by atoms with Crippen molar-refractivity contribution in [3.63, 3.8) is 0 Å². The third kappa shape index (κ3) is 1.88. The highest BCUT2D eigenvalue weighted by Gasteiger charge is 2.33. The molecular weight excluding hydrogens is 249 g/mol. The van der Waals surface area contributed by atoms with E-state index >= 15 is 0 Å². The van der Waals surface area contributed by atoms with Gasteiger partial charge in [-0.25, -0.2) is 4.79 Å². The SMILES string of the molecule is Cl.Cl.O=C1OCC2Nc3ccccc3C=C12. The number of para-hydroxylation sites is 1. The highest BCUT2D eigenvalue weighted by molar-refractivity contribution is 6.00. The van der Waals surface area contributed by atoms with Gasteiger partial charge in [-0.3, -0.25) is 0 Å². The lowest BCUT2D eigenvalue weighted by molar-refractivity contribution is -0.135. The van der Waals surface area contributed by atoms with Crippen LogP contribution in [0, 0.1) is 0 Å². The fraction of sp³-hybridized carbons (Fsp3) is 0.182. The Balaban J connectivity index is 0.000000640. The summed E-state index contributed by atoms with van der Waals surface area (Å²) in [5, 5.41) is 3.28. The number of hydrogen-bond acceptors (Lipinski definition) is 3. The first-order valence-electron chi connectivity index (χ1n) is 4.59. The molecule has 1 unspecified atom stereocenters. The van der Waals surface area contributed by atoms with Crippen molar-refractivity contribution in [3.05, 3.63) is 35.4 Å². The van der Waals surface area contributed by atoms with E-state index in [1.807, 2.05) is 30.3 Å². The summed E-state index contributed by atoms with van der Waals surface area (Å²) < 4.78 is 4.96. The van der Waals surface area contributed by atoms with Crippen molar-refractivity contribution in [1.29, 1.82) is 0 Å². The van der Waals surface area contributed by atoms with E-state index in [0.29, 0.717) is 6.61 Å². The summed E-state index contributed by atoms with van der Waals surface area (Å²) in [6.45, 7) is 0.443. The number of carbonyl (C=O) groups is 1. The van der Waals surface area contributed by atoms with Gasteiger partial charge < -0.3 is 10.1 Å². The Bertz CT molecular complexity index is 445. The number of halogens is 2. The van der Waals surface area contributed by atoms with Gasteiger partial charge in [-0.05, 0) is 17.7 Å². The molecule has 0 aromatic heterocycles. The molecule has 1 N–H and O–H groups in total. The number of hydrogen-bond donors (Lipinski definition) is 1. The van der Waals surface area contributed by atoms with Crippen LogP contribution in [0.25, 0.3) is 6.08 Å². The average Bonchev–Trinajstić information content (AvgIpc) is 2.57. The number of cyclic esters (lactones) is 1. The van der Waals surface area contributed by atoms with Crippen LogP contribution in [0.15, 0.2) is 29.8 Å². The Labute approximate surface area is 106 Å². The molecule has 16 heavy (non-hydrogen) atoms. The zero-order chi connectivity index (χ0) is 9.54. The Morgan fingerprint density at radius 3 is 2.81 bits per heavy atom. The minimum absolute atomic E-state index is 0. The topological polar surface area (TPSA) is 38.3 Å². The number of rotatable bonds is 0. The van der Waals surface area contributed by atoms with Gasteiger partial charge in [0.15, 0.2) is 0 Å². The van der Waals surface area contributed by atoms with E-state index < -0.39 is 0 Å². The molecule has 2 aliphatic rings. The fourth-order valence-corrected chi connectivity index (χ4v) is 1.86. The van der Waals surface area contributed by atoms with Crippen LogP contribution in [-0.4, -0.2) is 18.6 Å². The van der Waals surface area contributed by atoms with Crippen LogP contribution < -0.4 is 5.32 Å². The zero-order valence-electron chi connectivity index (χ0n) is 8.30. The Morgan fingerprint density at radius 1 is 1.25 bits per heavy atom. The van der Waals surface area contributed by atoms with Gasteiger partial charge in [-0.2, -0.15) is 0 Å². The van der Waals surface area contributed by atoms with E-state index in [-0.39, 0.29) is 36.8 Å². The van der Waals surface area contributed by atoms with Crippen molar-refractivity contribution in [1.82, 2.24) is 0 Å². The molecule has 2 heterocycles. The lowest BCUT2D eigenvalue weighted by Crippen LogP contribution is -2.24. The van der Waals surface area contributed by atoms with Crippen molar-refractivity contribution in [2.45, 2.75) is 6.04 Å². The molecule has 0 amide bonds. The van der Waals surface area contributed by atoms with Crippen molar-refractivity contribution >= 4 is 42.5 Å². The molecule has 3 rings (SSSR count). The first-order valence-corrected chi connectivity index (χ1v) is 4.59. The number of carbonyl (C=O) groups excluding carboxylic acids is 1. The maximum absolute atomic E-state index is 11.3. The summed E-state index contributed by atoms with van der Waals surface area (Å²) in [5.41, 5.74) is 2.86. The number of esters is 1. The lowest BCUT2D eigenvalue weighted by atomic mass is 10.00. The Kier molecular flexibility index (Phi) is 3.83. The standard InChI is InChI=1S/C11H9NO2.2ClH/c13-11-8-5-7-3-1-2-4-9(7)12-10(8)6-14-11;;/h1-5,10,12H,6H2;2*1H. The summed E-state index contributed by atoms with van der Waals surface area (Å²) in [5.74, 6) is -0.197. The third-order valence-electron chi connectivity index (χ3n) is 2.59. The summed E-state index contributed by atoms with van der Waals surface area (Å²) in [6, 6.07) is 7.96. The van der Waals surface area contributed by atoms with Gasteiger partial charge in [-0.15, -0.1) is 24.8 Å². The highest BCUT2D eigenvalue weighted by Crippen LogP contribution is 2.30. The van der Waals surface area contributed by atoms with Gasteiger partial charge in [0.1, 0.15) is 6.61 Å². The lowest BCUT2D eigenvalue weighted by Gasteiger charge is -2.19. The predicted molar refractivity (Wildman–Crippen MR) is 67.3 cm³/mol. The highest BCUT2D eigenvalue weighted by atomic mass is 35.5. The van der Waals surface area contributed by atoms with E-state index in [1.165, 1.54) is 0 Å². The second kappa shape index (κ2) is 4.76. The maximum Gasteiger partial charge on any atom is 0.336 e. The molecule has 0 radical (unpaired) electrons. The minimum atomic E-state index is -0.197. The smallest absolute Gasteiger partial charge is 0.336 e. The Hall–Kier alpha value is -1.19. The predicted octanol–water partition coefficient (Wildman–Crippen LogP) is 2.26. The van der Waals surface area contributed by atoms with Crippen LogP contribution in [0.2, 0.25) is 0 Å². The second-order valence-electron chi connectivity index (χ2n) is 3.48. The second-order valence-corrected chi connectivity index (χ2v) is 3.48. The van der Waals surface area contributed by atoms with E-state index in [9.17, 15) is 4.79 Å². The van der Waals surface area contributed by atoms with Crippen LogP contribution >= 0.6 is 24.8 Å². The van der Waals surface area contributed by atoms with Gasteiger partial charge in [0.05, 0.1) is 11.6 Å². The molecule has 3 nitrogen and oxygen atoms in total. The molecule has 1 aromatic rings. The van der Waals surface area contributed by atoms with E-state index in [2.05, 4.69) is 5.32 Å². The molecule has 0 spiro atoms. The quantitative estimate of drug-likeness (QED) is 0.727. The van der Waals surface area contributed by atoms with Crippen molar-refractivity contribution in [3.8, 4) is 0 Å². The number of nitrogens with one attached hydrogen (secondary N) is 1. The molecule has 1 atom stereocenters. The molecule has 0 bridgehead atoms. The van der Waals surface area contributed by atoms with Crippen molar-refractivity contribution in [2.24, 2.45) is 0 Å². The molecule has 5 heteroatoms. The maximum atomic E-state index is 11.3. The van der Waals surface area contributed by atoms with Gasteiger partial charge >= 0.3 is 5.97 Å². The Morgan fingerprint density at radius 2 is 2.00 bits per heavy atom. The molecule has 1 aromatic carbocycles. The normalized spacial score (nSPS) is 20.1. The van der Waals surface area contributed by atoms with Gasteiger partial charge in [0, 0.05) is 5.69 Å². The number of ether oxygens (including phenoxy) is 1. The first-order chi connectivity index (χ1) is 6.84. The summed E-state index contributed by atoms with van der Waals surface area (Å²) >= 11 is 0. The van der Waals surface area contributed by atoms with Crippen molar-refractivity contribution in [2.75, 3.05) is 11.9 Å². The molecule has 0 saturated carbocycles. The van der Waals surface area contributed by atoms with Gasteiger partial charge in [-0.1, -0.05) is 18.2 Å². The molecule has 86 valence electrons. The van der Waals surface area contributed by atoms with Crippen LogP contribution in [0.5, 0.6) is 0 Å². The first kappa shape index (κ1) is 12.9. The number of benzene rings is 1. The molecule has 1 saturated heterocycles. The van der Waals surface area contributed by atoms with Gasteiger partial charge in [0.2, 0.25) is 0 Å².